The van der Waals surface area contributed by atoms with Gasteiger partial charge in [-0.05, 0) is 42.2 Å². The zero-order valence-electron chi connectivity index (χ0n) is 10.8. The molecule has 0 unspecified atom stereocenters. The van der Waals surface area contributed by atoms with Gasteiger partial charge in [0.1, 0.15) is 0 Å². The first-order valence-corrected chi connectivity index (χ1v) is 7.83. The maximum Gasteiger partial charge on any atom is 0.196 e. The quantitative estimate of drug-likeness (QED) is 0.534. The van der Waals surface area contributed by atoms with Crippen molar-refractivity contribution >= 4 is 34.5 Å². The second kappa shape index (κ2) is 5.56. The number of allylic oxidation sites excluding steroid dienone is 1. The van der Waals surface area contributed by atoms with E-state index in [4.69, 9.17) is 0 Å². The lowest BCUT2D eigenvalue weighted by Gasteiger charge is -1.94. The predicted molar refractivity (Wildman–Crippen MR) is 83.9 cm³/mol. The minimum atomic E-state index is 0.0649. The molecule has 5 heteroatoms. The van der Waals surface area contributed by atoms with Gasteiger partial charge in [-0.15, -0.1) is 22.7 Å². The highest BCUT2D eigenvalue weighted by molar-refractivity contribution is 7.12. The molecule has 0 aliphatic heterocycles. The van der Waals surface area contributed by atoms with Gasteiger partial charge in [-0.3, -0.25) is 4.79 Å². The van der Waals surface area contributed by atoms with E-state index in [0.717, 1.165) is 21.0 Å². The summed E-state index contributed by atoms with van der Waals surface area (Å²) < 4.78 is 1.94. The Morgan fingerprint density at radius 3 is 3.00 bits per heavy atom. The van der Waals surface area contributed by atoms with Crippen molar-refractivity contribution in [2.75, 3.05) is 0 Å². The Balaban J connectivity index is 1.77. The van der Waals surface area contributed by atoms with E-state index < -0.39 is 0 Å². The van der Waals surface area contributed by atoms with Crippen molar-refractivity contribution in [3.8, 4) is 5.69 Å². The monoisotopic (exact) mass is 300 g/mol. The Hall–Kier alpha value is -1.98. The number of nitrogens with zero attached hydrogens (tertiary/aromatic N) is 2. The van der Waals surface area contributed by atoms with Gasteiger partial charge >= 0.3 is 0 Å². The number of carbonyl (C=O) groups is 1. The van der Waals surface area contributed by atoms with Crippen molar-refractivity contribution in [3.63, 3.8) is 0 Å². The van der Waals surface area contributed by atoms with E-state index in [2.05, 4.69) is 4.98 Å². The molecule has 0 N–H and O–H groups in total. The lowest BCUT2D eigenvalue weighted by atomic mass is 10.2. The third-order valence-corrected chi connectivity index (χ3v) is 4.81. The Morgan fingerprint density at radius 1 is 1.40 bits per heavy atom. The molecular weight excluding hydrogens is 288 g/mol. The van der Waals surface area contributed by atoms with Crippen LogP contribution in [0.25, 0.3) is 11.8 Å². The number of thiophene rings is 2. The average Bonchev–Trinajstić information content (AvgIpc) is 3.16. The maximum absolute atomic E-state index is 12.0. The van der Waals surface area contributed by atoms with Gasteiger partial charge in [-0.25, -0.2) is 4.98 Å². The summed E-state index contributed by atoms with van der Waals surface area (Å²) >= 11 is 3.09. The zero-order valence-corrected chi connectivity index (χ0v) is 12.4. The average molecular weight is 300 g/mol. The predicted octanol–water partition coefficient (Wildman–Crippen LogP) is 4.20. The van der Waals surface area contributed by atoms with Crippen LogP contribution in [0.1, 0.15) is 20.1 Å². The minimum Gasteiger partial charge on any atom is -0.305 e. The number of ketones is 1. The Morgan fingerprint density at radius 2 is 2.30 bits per heavy atom. The van der Waals surface area contributed by atoms with Gasteiger partial charge in [0.2, 0.25) is 0 Å². The second-order valence-corrected chi connectivity index (χ2v) is 6.17. The molecule has 0 bridgehead atoms. The van der Waals surface area contributed by atoms with Crippen LogP contribution in [0.3, 0.4) is 0 Å². The maximum atomic E-state index is 12.0. The van der Waals surface area contributed by atoms with E-state index in [-0.39, 0.29) is 5.78 Å². The van der Waals surface area contributed by atoms with E-state index in [1.54, 1.807) is 29.9 Å². The number of aryl methyl sites for hydroxylation is 1. The molecule has 0 fully saturated rings. The summed E-state index contributed by atoms with van der Waals surface area (Å²) in [5, 5.41) is 3.99. The van der Waals surface area contributed by atoms with Crippen molar-refractivity contribution in [1.82, 2.24) is 9.55 Å². The van der Waals surface area contributed by atoms with Crippen LogP contribution in [-0.4, -0.2) is 15.3 Å². The van der Waals surface area contributed by atoms with Crippen LogP contribution in [-0.2, 0) is 0 Å². The minimum absolute atomic E-state index is 0.0649. The summed E-state index contributed by atoms with van der Waals surface area (Å²) in [5.41, 5.74) is 2.10. The Kier molecular flexibility index (Phi) is 3.62. The molecule has 0 radical (unpaired) electrons. The highest BCUT2D eigenvalue weighted by atomic mass is 32.1. The van der Waals surface area contributed by atoms with Crippen LogP contribution in [0.5, 0.6) is 0 Å². The molecule has 0 saturated carbocycles. The number of hydrogen-bond donors (Lipinski definition) is 0. The molecule has 0 saturated heterocycles. The van der Waals surface area contributed by atoms with Gasteiger partial charge in [0.15, 0.2) is 5.78 Å². The van der Waals surface area contributed by atoms with Crippen molar-refractivity contribution in [2.45, 2.75) is 6.92 Å². The lowest BCUT2D eigenvalue weighted by molar-refractivity contribution is 0.105. The molecule has 0 spiro atoms. The smallest absolute Gasteiger partial charge is 0.196 e. The third kappa shape index (κ3) is 2.64. The Labute approximate surface area is 124 Å². The van der Waals surface area contributed by atoms with Gasteiger partial charge in [0.05, 0.1) is 16.9 Å². The molecule has 3 nitrogen and oxygen atoms in total. The standard InChI is InChI=1S/C15H12N2OS2/c1-11-4-7-19-15(11)14(18)3-2-13-8-12(9-20-13)17-6-5-16-10-17/h2-10H,1H3/b3-2+. The summed E-state index contributed by atoms with van der Waals surface area (Å²) in [5.74, 6) is 0.0649. The van der Waals surface area contributed by atoms with Gasteiger partial charge in [-0.1, -0.05) is 0 Å². The molecular formula is C15H12N2OS2. The first-order valence-electron chi connectivity index (χ1n) is 6.07. The summed E-state index contributed by atoms with van der Waals surface area (Å²) in [6.45, 7) is 1.96. The summed E-state index contributed by atoms with van der Waals surface area (Å²) in [6, 6.07) is 4.01. The molecule has 3 heterocycles. The van der Waals surface area contributed by atoms with Crippen LogP contribution < -0.4 is 0 Å². The third-order valence-electron chi connectivity index (χ3n) is 2.89. The second-order valence-electron chi connectivity index (χ2n) is 4.31. The molecule has 20 heavy (non-hydrogen) atoms. The molecule has 0 aromatic carbocycles. The SMILES string of the molecule is Cc1ccsc1C(=O)/C=C/c1cc(-n2ccnc2)cs1. The molecule has 3 rings (SSSR count). The van der Waals surface area contributed by atoms with Crippen molar-refractivity contribution < 1.29 is 4.79 Å². The van der Waals surface area contributed by atoms with Crippen LogP contribution >= 0.6 is 22.7 Å². The summed E-state index contributed by atoms with van der Waals surface area (Å²) in [4.78, 5) is 17.9. The fourth-order valence-electron chi connectivity index (χ4n) is 1.84. The molecule has 3 aromatic rings. The van der Waals surface area contributed by atoms with Crippen LogP contribution in [0.15, 0.2) is 47.7 Å². The van der Waals surface area contributed by atoms with Crippen molar-refractivity contribution in [3.05, 3.63) is 63.0 Å². The van der Waals surface area contributed by atoms with Gasteiger partial charge < -0.3 is 4.57 Å². The van der Waals surface area contributed by atoms with Gasteiger partial charge in [0, 0.05) is 22.7 Å². The molecule has 3 aromatic heterocycles. The van der Waals surface area contributed by atoms with E-state index in [9.17, 15) is 4.79 Å². The van der Waals surface area contributed by atoms with Crippen molar-refractivity contribution in [1.29, 1.82) is 0 Å². The number of imidazole rings is 1. The number of rotatable bonds is 4. The van der Waals surface area contributed by atoms with E-state index in [1.165, 1.54) is 11.3 Å². The van der Waals surface area contributed by atoms with Gasteiger partial charge in [-0.2, -0.15) is 0 Å². The van der Waals surface area contributed by atoms with Crippen LogP contribution in [0.2, 0.25) is 0 Å². The van der Waals surface area contributed by atoms with E-state index in [0.29, 0.717) is 0 Å². The van der Waals surface area contributed by atoms with Crippen LogP contribution in [0.4, 0.5) is 0 Å². The van der Waals surface area contributed by atoms with Crippen LogP contribution in [0, 0.1) is 6.92 Å². The molecule has 0 atom stereocenters. The largest absolute Gasteiger partial charge is 0.305 e. The fourth-order valence-corrected chi connectivity index (χ4v) is 3.46. The first kappa shape index (κ1) is 13.0. The fraction of sp³-hybridized carbons (Fsp3) is 0.0667. The Bertz CT molecular complexity index is 751. The number of hydrogen-bond acceptors (Lipinski definition) is 4. The van der Waals surface area contributed by atoms with Crippen molar-refractivity contribution in [2.24, 2.45) is 0 Å². The summed E-state index contributed by atoms with van der Waals surface area (Å²) in [6.07, 6.45) is 8.91. The number of carbonyl (C=O) groups excluding carboxylic acids is 1. The lowest BCUT2D eigenvalue weighted by Crippen LogP contribution is -1.91. The van der Waals surface area contributed by atoms with Gasteiger partial charge in [0.25, 0.3) is 0 Å². The summed E-state index contributed by atoms with van der Waals surface area (Å²) in [7, 11) is 0. The zero-order chi connectivity index (χ0) is 13.9. The molecule has 100 valence electrons. The molecule has 0 aliphatic rings. The first-order chi connectivity index (χ1) is 9.74. The number of aromatic nitrogens is 2. The molecule has 0 amide bonds. The highest BCUT2D eigenvalue weighted by Crippen LogP contribution is 2.21. The van der Waals surface area contributed by atoms with E-state index >= 15 is 0 Å². The topological polar surface area (TPSA) is 34.9 Å². The normalized spacial score (nSPS) is 11.2. The highest BCUT2D eigenvalue weighted by Gasteiger charge is 2.07. The van der Waals surface area contributed by atoms with E-state index in [1.807, 2.05) is 46.7 Å². The molecule has 0 aliphatic carbocycles.